The first-order chi connectivity index (χ1) is 11.3. The largest absolute Gasteiger partial charge is 0.353 e. The number of nitrogens with zero attached hydrogens (tertiary/aromatic N) is 3. The van der Waals surface area contributed by atoms with Crippen molar-refractivity contribution in [2.75, 3.05) is 13.1 Å². The molecule has 1 aliphatic heterocycles. The highest BCUT2D eigenvalue weighted by Gasteiger charge is 2.30. The number of carbonyl (C=O) groups is 1. The van der Waals surface area contributed by atoms with Gasteiger partial charge in [-0.25, -0.2) is 0 Å². The van der Waals surface area contributed by atoms with E-state index in [4.69, 9.17) is 4.52 Å². The van der Waals surface area contributed by atoms with Gasteiger partial charge in [0, 0.05) is 25.4 Å². The van der Waals surface area contributed by atoms with Crippen LogP contribution in [0, 0.1) is 0 Å². The van der Waals surface area contributed by atoms with Gasteiger partial charge in [0.05, 0.1) is 6.04 Å². The van der Waals surface area contributed by atoms with E-state index in [1.54, 1.807) is 0 Å². The Morgan fingerprint density at radius 2 is 2.09 bits per heavy atom. The summed E-state index contributed by atoms with van der Waals surface area (Å²) in [5.74, 6) is 1.67. The zero-order chi connectivity index (χ0) is 16.1. The van der Waals surface area contributed by atoms with Crippen molar-refractivity contribution < 1.29 is 9.32 Å². The van der Waals surface area contributed by atoms with E-state index in [1.165, 1.54) is 19.3 Å². The van der Waals surface area contributed by atoms with Gasteiger partial charge in [-0.1, -0.05) is 31.3 Å². The second kappa shape index (κ2) is 7.90. The van der Waals surface area contributed by atoms with Crippen molar-refractivity contribution in [1.29, 1.82) is 0 Å². The third-order valence-corrected chi connectivity index (χ3v) is 5.04. The van der Waals surface area contributed by atoms with E-state index in [1.807, 2.05) is 6.92 Å². The van der Waals surface area contributed by atoms with E-state index < -0.39 is 0 Å². The van der Waals surface area contributed by atoms with Crippen LogP contribution in [0.1, 0.15) is 76.0 Å². The number of likely N-dealkylation sites (tertiary alicyclic amines) is 1. The van der Waals surface area contributed by atoms with Gasteiger partial charge in [-0.3, -0.25) is 9.69 Å². The molecule has 1 aromatic heterocycles. The Balaban J connectivity index is 1.47. The van der Waals surface area contributed by atoms with Crippen LogP contribution >= 0.6 is 0 Å². The SMILES string of the molecule is CCc1nc([C@@H]2CCCN2CCC(=O)NC2CCCCC2)no1. The molecule has 6 heteroatoms. The van der Waals surface area contributed by atoms with E-state index in [2.05, 4.69) is 20.4 Å². The molecule has 0 spiro atoms. The minimum absolute atomic E-state index is 0.185. The van der Waals surface area contributed by atoms with E-state index in [9.17, 15) is 4.79 Å². The Bertz CT molecular complexity index is 510. The van der Waals surface area contributed by atoms with Gasteiger partial charge < -0.3 is 9.84 Å². The summed E-state index contributed by atoms with van der Waals surface area (Å²) in [4.78, 5) is 19.0. The summed E-state index contributed by atoms with van der Waals surface area (Å²) in [5, 5.41) is 7.31. The zero-order valence-electron chi connectivity index (χ0n) is 14.1. The summed E-state index contributed by atoms with van der Waals surface area (Å²) in [5.41, 5.74) is 0. The van der Waals surface area contributed by atoms with Crippen LogP contribution in [0.2, 0.25) is 0 Å². The van der Waals surface area contributed by atoms with Gasteiger partial charge in [-0.2, -0.15) is 4.98 Å². The average molecular weight is 320 g/mol. The molecule has 1 amide bonds. The lowest BCUT2D eigenvalue weighted by atomic mass is 9.95. The van der Waals surface area contributed by atoms with Gasteiger partial charge in [0.15, 0.2) is 5.82 Å². The zero-order valence-corrected chi connectivity index (χ0v) is 14.1. The summed E-state index contributed by atoms with van der Waals surface area (Å²) < 4.78 is 5.23. The summed E-state index contributed by atoms with van der Waals surface area (Å²) in [6.07, 6.45) is 9.59. The fourth-order valence-electron chi connectivity index (χ4n) is 3.73. The highest BCUT2D eigenvalue weighted by molar-refractivity contribution is 5.76. The van der Waals surface area contributed by atoms with E-state index in [0.29, 0.717) is 18.4 Å². The Morgan fingerprint density at radius 1 is 1.26 bits per heavy atom. The predicted molar refractivity (Wildman–Crippen MR) is 86.9 cm³/mol. The first-order valence-electron chi connectivity index (χ1n) is 9.12. The van der Waals surface area contributed by atoms with Crippen LogP contribution in [0.4, 0.5) is 0 Å². The molecule has 0 bridgehead atoms. The Hall–Kier alpha value is -1.43. The molecule has 128 valence electrons. The number of aromatic nitrogens is 2. The normalized spacial score (nSPS) is 23.3. The molecule has 1 saturated carbocycles. The molecular weight excluding hydrogens is 292 g/mol. The summed E-state index contributed by atoms with van der Waals surface area (Å²) >= 11 is 0. The molecule has 2 aliphatic rings. The highest BCUT2D eigenvalue weighted by atomic mass is 16.5. The molecule has 2 heterocycles. The molecule has 1 aliphatic carbocycles. The van der Waals surface area contributed by atoms with E-state index >= 15 is 0 Å². The molecule has 1 aromatic rings. The van der Waals surface area contributed by atoms with Crippen molar-refractivity contribution in [3.8, 4) is 0 Å². The Kier molecular flexibility index (Phi) is 5.65. The number of amides is 1. The number of rotatable bonds is 6. The average Bonchev–Trinajstić information content (AvgIpc) is 3.22. The second-order valence-corrected chi connectivity index (χ2v) is 6.75. The van der Waals surface area contributed by atoms with Crippen molar-refractivity contribution in [3.05, 3.63) is 11.7 Å². The molecule has 3 rings (SSSR count). The molecular formula is C17H28N4O2. The van der Waals surface area contributed by atoms with Gasteiger partial charge in [-0.05, 0) is 32.2 Å². The van der Waals surface area contributed by atoms with Crippen LogP contribution in [0.15, 0.2) is 4.52 Å². The lowest BCUT2D eigenvalue weighted by molar-refractivity contribution is -0.122. The maximum Gasteiger partial charge on any atom is 0.226 e. The van der Waals surface area contributed by atoms with Crippen molar-refractivity contribution in [1.82, 2.24) is 20.4 Å². The maximum absolute atomic E-state index is 12.2. The molecule has 1 saturated heterocycles. The van der Waals surface area contributed by atoms with Crippen molar-refractivity contribution in [3.63, 3.8) is 0 Å². The lowest BCUT2D eigenvalue weighted by Crippen LogP contribution is -2.38. The molecule has 1 atom stereocenters. The predicted octanol–water partition coefficient (Wildman–Crippen LogP) is 2.61. The first-order valence-corrected chi connectivity index (χ1v) is 9.12. The number of hydrogen-bond donors (Lipinski definition) is 1. The quantitative estimate of drug-likeness (QED) is 0.872. The van der Waals surface area contributed by atoms with Gasteiger partial charge >= 0.3 is 0 Å². The Labute approximate surface area is 138 Å². The fraction of sp³-hybridized carbons (Fsp3) is 0.824. The standard InChI is InChI=1S/C17H28N4O2/c1-2-16-19-17(20-23-16)14-9-6-11-21(14)12-10-15(22)18-13-7-4-3-5-8-13/h13-14H,2-12H2,1H3,(H,18,22)/t14-/m0/s1. The smallest absolute Gasteiger partial charge is 0.226 e. The number of nitrogens with one attached hydrogen (secondary N) is 1. The van der Waals surface area contributed by atoms with E-state index in [0.717, 1.165) is 51.0 Å². The van der Waals surface area contributed by atoms with Crippen molar-refractivity contribution in [2.45, 2.75) is 76.8 Å². The number of aryl methyl sites for hydroxylation is 1. The van der Waals surface area contributed by atoms with Gasteiger partial charge in [0.2, 0.25) is 11.8 Å². The van der Waals surface area contributed by atoms with Crippen LogP contribution in [-0.2, 0) is 11.2 Å². The summed E-state index contributed by atoms with van der Waals surface area (Å²) in [7, 11) is 0. The van der Waals surface area contributed by atoms with Crippen molar-refractivity contribution in [2.24, 2.45) is 0 Å². The van der Waals surface area contributed by atoms with Crippen LogP contribution in [0.3, 0.4) is 0 Å². The minimum atomic E-state index is 0.185. The van der Waals surface area contributed by atoms with Crippen LogP contribution < -0.4 is 5.32 Å². The molecule has 2 fully saturated rings. The summed E-state index contributed by atoms with van der Waals surface area (Å²) in [6, 6.07) is 0.608. The minimum Gasteiger partial charge on any atom is -0.353 e. The van der Waals surface area contributed by atoms with Gasteiger partial charge in [0.1, 0.15) is 0 Å². The van der Waals surface area contributed by atoms with Crippen LogP contribution in [0.25, 0.3) is 0 Å². The Morgan fingerprint density at radius 3 is 2.83 bits per heavy atom. The molecule has 1 N–H and O–H groups in total. The first kappa shape index (κ1) is 16.4. The van der Waals surface area contributed by atoms with E-state index in [-0.39, 0.29) is 11.9 Å². The molecule has 0 radical (unpaired) electrons. The highest BCUT2D eigenvalue weighted by Crippen LogP contribution is 2.30. The van der Waals surface area contributed by atoms with Crippen molar-refractivity contribution >= 4 is 5.91 Å². The third kappa shape index (κ3) is 4.31. The van der Waals surface area contributed by atoms with Gasteiger partial charge in [-0.15, -0.1) is 0 Å². The monoisotopic (exact) mass is 320 g/mol. The molecule has 6 nitrogen and oxygen atoms in total. The number of hydrogen-bond acceptors (Lipinski definition) is 5. The lowest BCUT2D eigenvalue weighted by Gasteiger charge is -2.24. The molecule has 23 heavy (non-hydrogen) atoms. The maximum atomic E-state index is 12.2. The van der Waals surface area contributed by atoms with Crippen LogP contribution in [0.5, 0.6) is 0 Å². The third-order valence-electron chi connectivity index (χ3n) is 5.04. The second-order valence-electron chi connectivity index (χ2n) is 6.75. The van der Waals surface area contributed by atoms with Crippen LogP contribution in [-0.4, -0.2) is 40.1 Å². The summed E-state index contributed by atoms with van der Waals surface area (Å²) in [6.45, 7) is 3.80. The molecule has 0 aromatic carbocycles. The topological polar surface area (TPSA) is 71.3 Å². The fourth-order valence-corrected chi connectivity index (χ4v) is 3.73. The van der Waals surface area contributed by atoms with Gasteiger partial charge in [0.25, 0.3) is 0 Å². The number of carbonyl (C=O) groups excluding carboxylic acids is 1. The molecule has 0 unspecified atom stereocenters.